The number of hydrogen-bond donors (Lipinski definition) is 2. The molecule has 2 N–H and O–H groups in total. The van der Waals surface area contributed by atoms with Crippen LogP contribution < -0.4 is 0 Å². The van der Waals surface area contributed by atoms with Gasteiger partial charge in [0.1, 0.15) is 11.3 Å². The standard InChI is InChI=1S/C16H13NO3/c1-2-11-6-8-12(9-7-11)10-17-14-5-3-4-13(15(14)18)16(19)20/h2-10,18H,1H2,(H,19,20). The first-order chi connectivity index (χ1) is 9.61. The van der Waals surface area contributed by atoms with Crippen LogP contribution in [0.5, 0.6) is 5.75 Å². The smallest absolute Gasteiger partial charge is 0.339 e. The van der Waals surface area contributed by atoms with Gasteiger partial charge in [-0.15, -0.1) is 0 Å². The molecule has 20 heavy (non-hydrogen) atoms. The zero-order valence-corrected chi connectivity index (χ0v) is 10.7. The molecule has 0 saturated heterocycles. The Morgan fingerprint density at radius 3 is 2.35 bits per heavy atom. The van der Waals surface area contributed by atoms with Gasteiger partial charge in [0.2, 0.25) is 0 Å². The first kappa shape index (κ1) is 13.5. The van der Waals surface area contributed by atoms with Gasteiger partial charge in [0.25, 0.3) is 0 Å². The van der Waals surface area contributed by atoms with E-state index < -0.39 is 5.97 Å². The minimum absolute atomic E-state index is 0.165. The monoisotopic (exact) mass is 267 g/mol. The highest BCUT2D eigenvalue weighted by Gasteiger charge is 2.11. The summed E-state index contributed by atoms with van der Waals surface area (Å²) in [5, 5.41) is 18.7. The fourth-order valence-electron chi connectivity index (χ4n) is 1.67. The molecule has 0 amide bonds. The number of hydrogen-bond acceptors (Lipinski definition) is 3. The van der Waals surface area contributed by atoms with Crippen molar-refractivity contribution in [2.45, 2.75) is 0 Å². The number of carbonyl (C=O) groups is 1. The summed E-state index contributed by atoms with van der Waals surface area (Å²) in [6, 6.07) is 11.9. The first-order valence-corrected chi connectivity index (χ1v) is 5.93. The van der Waals surface area contributed by atoms with Crippen molar-refractivity contribution >= 4 is 23.9 Å². The molecule has 2 rings (SSSR count). The van der Waals surface area contributed by atoms with Gasteiger partial charge < -0.3 is 10.2 Å². The predicted octanol–water partition coefficient (Wildman–Crippen LogP) is 3.48. The van der Waals surface area contributed by atoms with E-state index in [1.165, 1.54) is 12.1 Å². The number of rotatable bonds is 4. The molecular weight excluding hydrogens is 254 g/mol. The Kier molecular flexibility index (Phi) is 3.96. The van der Waals surface area contributed by atoms with Crippen molar-refractivity contribution in [3.63, 3.8) is 0 Å². The molecule has 4 nitrogen and oxygen atoms in total. The molecule has 0 fully saturated rings. The van der Waals surface area contributed by atoms with Gasteiger partial charge >= 0.3 is 5.97 Å². The Labute approximate surface area is 116 Å². The first-order valence-electron chi connectivity index (χ1n) is 5.93. The Morgan fingerprint density at radius 1 is 1.10 bits per heavy atom. The highest BCUT2D eigenvalue weighted by Crippen LogP contribution is 2.29. The summed E-state index contributed by atoms with van der Waals surface area (Å²) in [6.45, 7) is 3.67. The van der Waals surface area contributed by atoms with Crippen LogP contribution in [0.25, 0.3) is 6.08 Å². The summed E-state index contributed by atoms with van der Waals surface area (Å²) in [5.74, 6) is -1.52. The molecule has 100 valence electrons. The summed E-state index contributed by atoms with van der Waals surface area (Å²) < 4.78 is 0. The zero-order chi connectivity index (χ0) is 14.5. The van der Waals surface area contributed by atoms with Crippen LogP contribution in [0.3, 0.4) is 0 Å². The molecule has 0 aromatic heterocycles. The zero-order valence-electron chi connectivity index (χ0n) is 10.7. The molecular formula is C16H13NO3. The third-order valence-electron chi connectivity index (χ3n) is 2.77. The van der Waals surface area contributed by atoms with Crippen LogP contribution in [0.4, 0.5) is 5.69 Å². The lowest BCUT2D eigenvalue weighted by Gasteiger charge is -2.02. The van der Waals surface area contributed by atoms with Crippen LogP contribution in [0.1, 0.15) is 21.5 Å². The molecule has 0 aliphatic rings. The predicted molar refractivity (Wildman–Crippen MR) is 78.9 cm³/mol. The van der Waals surface area contributed by atoms with Gasteiger partial charge in [-0.25, -0.2) is 4.79 Å². The van der Waals surface area contributed by atoms with Gasteiger partial charge in [-0.2, -0.15) is 0 Å². The minimum Gasteiger partial charge on any atom is -0.505 e. The lowest BCUT2D eigenvalue weighted by molar-refractivity contribution is 0.0694. The average Bonchev–Trinajstić information content (AvgIpc) is 2.46. The maximum absolute atomic E-state index is 10.9. The maximum Gasteiger partial charge on any atom is 0.339 e. The van der Waals surface area contributed by atoms with Crippen molar-refractivity contribution in [1.82, 2.24) is 0 Å². The van der Waals surface area contributed by atoms with Gasteiger partial charge in [0.05, 0.1) is 0 Å². The number of para-hydroxylation sites is 1. The minimum atomic E-state index is -1.19. The normalized spacial score (nSPS) is 10.6. The van der Waals surface area contributed by atoms with Gasteiger partial charge in [-0.1, -0.05) is 43.0 Å². The lowest BCUT2D eigenvalue weighted by atomic mass is 10.1. The second-order valence-electron chi connectivity index (χ2n) is 4.11. The van der Waals surface area contributed by atoms with E-state index in [9.17, 15) is 9.90 Å². The Bertz CT molecular complexity index is 673. The number of aromatic carboxylic acids is 1. The number of carboxylic acid groups (broad SMARTS) is 1. The molecule has 0 atom stereocenters. The molecule has 0 aliphatic carbocycles. The number of carboxylic acids is 1. The molecule has 0 radical (unpaired) electrons. The van der Waals surface area contributed by atoms with Gasteiger partial charge in [-0.05, 0) is 23.3 Å². The second kappa shape index (κ2) is 5.84. The van der Waals surface area contributed by atoms with E-state index in [0.717, 1.165) is 11.1 Å². The molecule has 2 aromatic rings. The van der Waals surface area contributed by atoms with Gasteiger partial charge in [0, 0.05) is 6.21 Å². The average molecular weight is 267 g/mol. The van der Waals surface area contributed by atoms with E-state index in [1.54, 1.807) is 18.4 Å². The molecule has 0 saturated carbocycles. The highest BCUT2D eigenvalue weighted by atomic mass is 16.4. The van der Waals surface area contributed by atoms with Gasteiger partial charge in [-0.3, -0.25) is 4.99 Å². The number of phenols is 1. The summed E-state index contributed by atoms with van der Waals surface area (Å²) in [4.78, 5) is 15.0. The fourth-order valence-corrected chi connectivity index (χ4v) is 1.67. The molecule has 4 heteroatoms. The maximum atomic E-state index is 10.9. The Morgan fingerprint density at radius 2 is 1.75 bits per heavy atom. The topological polar surface area (TPSA) is 69.9 Å². The number of benzene rings is 2. The summed E-state index contributed by atoms with van der Waals surface area (Å²) in [6.07, 6.45) is 3.30. The molecule has 0 spiro atoms. The largest absolute Gasteiger partial charge is 0.505 e. The van der Waals surface area contributed by atoms with E-state index in [2.05, 4.69) is 11.6 Å². The van der Waals surface area contributed by atoms with Crippen molar-refractivity contribution in [2.75, 3.05) is 0 Å². The fraction of sp³-hybridized carbons (Fsp3) is 0. The van der Waals surface area contributed by atoms with Crippen LogP contribution in [-0.4, -0.2) is 22.4 Å². The quantitative estimate of drug-likeness (QED) is 0.833. The Hall–Kier alpha value is -2.88. The molecule has 0 heterocycles. The van der Waals surface area contributed by atoms with Crippen molar-refractivity contribution in [3.8, 4) is 5.75 Å². The molecule has 0 aliphatic heterocycles. The van der Waals surface area contributed by atoms with E-state index in [0.29, 0.717) is 0 Å². The molecule has 2 aromatic carbocycles. The molecule has 0 bridgehead atoms. The van der Waals surface area contributed by atoms with Crippen LogP contribution >= 0.6 is 0 Å². The van der Waals surface area contributed by atoms with Crippen LogP contribution in [0, 0.1) is 0 Å². The molecule has 0 unspecified atom stereocenters. The number of nitrogens with zero attached hydrogens (tertiary/aromatic N) is 1. The summed E-state index contributed by atoms with van der Waals surface area (Å²) in [7, 11) is 0. The lowest BCUT2D eigenvalue weighted by Crippen LogP contribution is -1.96. The van der Waals surface area contributed by atoms with E-state index in [4.69, 9.17) is 5.11 Å². The van der Waals surface area contributed by atoms with Gasteiger partial charge in [0.15, 0.2) is 5.75 Å². The van der Waals surface area contributed by atoms with Crippen LogP contribution in [-0.2, 0) is 0 Å². The van der Waals surface area contributed by atoms with Crippen molar-refractivity contribution < 1.29 is 15.0 Å². The van der Waals surface area contributed by atoms with Crippen molar-refractivity contribution in [3.05, 3.63) is 65.7 Å². The van der Waals surface area contributed by atoms with E-state index in [-0.39, 0.29) is 17.0 Å². The van der Waals surface area contributed by atoms with Crippen LogP contribution in [0.15, 0.2) is 54.0 Å². The van der Waals surface area contributed by atoms with Crippen molar-refractivity contribution in [1.29, 1.82) is 0 Å². The van der Waals surface area contributed by atoms with E-state index >= 15 is 0 Å². The summed E-state index contributed by atoms with van der Waals surface area (Å²) >= 11 is 0. The third-order valence-corrected chi connectivity index (χ3v) is 2.77. The Balaban J connectivity index is 2.29. The third kappa shape index (κ3) is 2.92. The van der Waals surface area contributed by atoms with Crippen molar-refractivity contribution in [2.24, 2.45) is 4.99 Å². The van der Waals surface area contributed by atoms with Crippen LogP contribution in [0.2, 0.25) is 0 Å². The summed E-state index contributed by atoms with van der Waals surface area (Å²) in [5.41, 5.74) is 1.90. The number of aliphatic imine (C=N–C) groups is 1. The SMILES string of the molecule is C=Cc1ccc(C=Nc2cccc(C(=O)O)c2O)cc1. The highest BCUT2D eigenvalue weighted by molar-refractivity contribution is 5.93. The van der Waals surface area contributed by atoms with E-state index in [1.807, 2.05) is 24.3 Å². The second-order valence-corrected chi connectivity index (χ2v) is 4.11. The number of aromatic hydroxyl groups is 1.